The highest BCUT2D eigenvalue weighted by molar-refractivity contribution is 7.46. The largest absolute Gasteiger partial charge is 0.756 e. The molecular formula is C20H40NO8P. The highest BCUT2D eigenvalue weighted by Gasteiger charge is 2.52. The summed E-state index contributed by atoms with van der Waals surface area (Å²) in [5, 5.41) is 18.2. The number of ketones is 2. The minimum atomic E-state index is -5.13. The van der Waals surface area contributed by atoms with Gasteiger partial charge >= 0.3 is 0 Å². The number of carbonyl (C=O) groups is 2. The Morgan fingerprint density at radius 2 is 1.50 bits per heavy atom. The minimum Gasteiger partial charge on any atom is -0.756 e. The summed E-state index contributed by atoms with van der Waals surface area (Å²) in [6.07, 6.45) is 2.92. The summed E-state index contributed by atoms with van der Waals surface area (Å²) in [5.41, 5.74) is -2.18. The molecule has 0 amide bonds. The topological polar surface area (TPSA) is 133 Å². The molecule has 0 spiro atoms. The summed E-state index contributed by atoms with van der Waals surface area (Å²) >= 11 is 0. The Labute approximate surface area is 180 Å². The molecular weight excluding hydrogens is 413 g/mol. The molecule has 30 heavy (non-hydrogen) atoms. The van der Waals surface area contributed by atoms with Gasteiger partial charge in [0.25, 0.3) is 7.82 Å². The molecule has 1 unspecified atom stereocenters. The zero-order chi connectivity index (χ0) is 23.4. The van der Waals surface area contributed by atoms with Gasteiger partial charge in [0.2, 0.25) is 5.60 Å². The lowest BCUT2D eigenvalue weighted by Gasteiger charge is -2.40. The summed E-state index contributed by atoms with van der Waals surface area (Å²) in [4.78, 5) is 38.9. The first-order chi connectivity index (χ1) is 13.8. The maximum atomic E-state index is 13.2. The van der Waals surface area contributed by atoms with E-state index in [2.05, 4.69) is 4.52 Å². The monoisotopic (exact) mass is 453 g/mol. The molecule has 0 aromatic rings. The second kappa shape index (κ2) is 13.7. The summed E-state index contributed by atoms with van der Waals surface area (Å²) in [6.45, 7) is 2.35. The Kier molecular flexibility index (Phi) is 13.4. The van der Waals surface area contributed by atoms with Crippen LogP contribution < -0.4 is 4.89 Å². The van der Waals surface area contributed by atoms with Gasteiger partial charge in [-0.15, -0.1) is 0 Å². The Morgan fingerprint density at radius 3 is 1.87 bits per heavy atom. The molecule has 2 atom stereocenters. The molecule has 0 aliphatic heterocycles. The predicted octanol–water partition coefficient (Wildman–Crippen LogP) is 1.58. The van der Waals surface area contributed by atoms with Gasteiger partial charge in [-0.2, -0.15) is 0 Å². The lowest BCUT2D eigenvalue weighted by Crippen LogP contribution is -2.60. The van der Waals surface area contributed by atoms with Crippen LogP contribution in [0.5, 0.6) is 0 Å². The molecule has 10 heteroatoms. The highest BCUT2D eigenvalue weighted by Crippen LogP contribution is 2.45. The number of nitrogens with zero attached hydrogens (tertiary/aromatic N) is 1. The van der Waals surface area contributed by atoms with Gasteiger partial charge in [0.1, 0.15) is 12.6 Å². The van der Waals surface area contributed by atoms with E-state index in [-0.39, 0.29) is 23.9 Å². The second-order valence-electron chi connectivity index (χ2n) is 8.71. The summed E-state index contributed by atoms with van der Waals surface area (Å²) in [5.74, 6) is -1.15. The van der Waals surface area contributed by atoms with Crippen LogP contribution in [0.3, 0.4) is 0 Å². The van der Waals surface area contributed by atoms with Crippen LogP contribution in [0.15, 0.2) is 0 Å². The van der Waals surface area contributed by atoms with E-state index in [0.717, 1.165) is 25.7 Å². The van der Waals surface area contributed by atoms with Crippen molar-refractivity contribution in [3.63, 3.8) is 0 Å². The van der Waals surface area contributed by atoms with Gasteiger partial charge in [0.15, 0.2) is 11.6 Å². The van der Waals surface area contributed by atoms with Crippen molar-refractivity contribution in [2.24, 2.45) is 0 Å². The molecule has 0 saturated carbocycles. The molecule has 0 saturated heterocycles. The van der Waals surface area contributed by atoms with E-state index in [4.69, 9.17) is 9.63 Å². The first-order valence-electron chi connectivity index (χ1n) is 10.7. The summed E-state index contributed by atoms with van der Waals surface area (Å²) < 4.78 is 22.5. The molecule has 0 fully saturated rings. The third kappa shape index (κ3) is 11.1. The van der Waals surface area contributed by atoms with Crippen LogP contribution >= 0.6 is 7.82 Å². The Balaban J connectivity index is 5.95. The van der Waals surface area contributed by atoms with Crippen molar-refractivity contribution in [3.05, 3.63) is 0 Å². The number of unbranched alkanes of at least 4 members (excludes halogenated alkanes) is 4. The van der Waals surface area contributed by atoms with Crippen molar-refractivity contribution in [3.8, 4) is 0 Å². The summed E-state index contributed by atoms with van der Waals surface area (Å²) in [6, 6.07) is 0. The van der Waals surface area contributed by atoms with E-state index >= 15 is 0 Å². The van der Waals surface area contributed by atoms with Crippen molar-refractivity contribution in [1.82, 2.24) is 0 Å². The highest BCUT2D eigenvalue weighted by atomic mass is 31.2. The Hall–Kier alpha value is -0.670. The van der Waals surface area contributed by atoms with Crippen LogP contribution in [-0.4, -0.2) is 78.9 Å². The fraction of sp³-hybridized carbons (Fsp3) is 0.900. The number of rotatable bonds is 18. The van der Waals surface area contributed by atoms with E-state index < -0.39 is 44.3 Å². The van der Waals surface area contributed by atoms with Crippen LogP contribution in [0, 0.1) is 0 Å². The molecule has 0 radical (unpaired) electrons. The average Bonchev–Trinajstić information content (AvgIpc) is 2.64. The molecule has 0 aliphatic carbocycles. The molecule has 0 aromatic heterocycles. The predicted molar refractivity (Wildman–Crippen MR) is 112 cm³/mol. The number of phosphoric ester groups is 1. The molecule has 0 aliphatic rings. The van der Waals surface area contributed by atoms with E-state index in [1.807, 2.05) is 13.8 Å². The molecule has 178 valence electrons. The number of phosphoric acid groups is 1. The number of likely N-dealkylation sites (N-methyl/N-ethyl adjacent to an activating group) is 1. The smallest absolute Gasteiger partial charge is 0.269 e. The van der Waals surface area contributed by atoms with Crippen molar-refractivity contribution in [2.75, 3.05) is 40.9 Å². The quantitative estimate of drug-likeness (QED) is 0.138. The number of aliphatic hydroxyl groups excluding tert-OH is 2. The molecule has 0 bridgehead atoms. The van der Waals surface area contributed by atoms with Crippen LogP contribution in [0.2, 0.25) is 0 Å². The maximum absolute atomic E-state index is 13.2. The number of quaternary nitrogens is 1. The maximum Gasteiger partial charge on any atom is 0.269 e. The Morgan fingerprint density at radius 1 is 1.03 bits per heavy atom. The van der Waals surface area contributed by atoms with Gasteiger partial charge < -0.3 is 24.1 Å². The third-order valence-corrected chi connectivity index (χ3v) is 5.52. The first kappa shape index (κ1) is 29.3. The summed E-state index contributed by atoms with van der Waals surface area (Å²) in [7, 11) is 0.0910. The fourth-order valence-electron chi connectivity index (χ4n) is 3.05. The molecule has 2 N–H and O–H groups in total. The molecule has 0 aromatic carbocycles. The second-order valence-corrected chi connectivity index (χ2v) is 10.0. The minimum absolute atomic E-state index is 0.0205. The van der Waals surface area contributed by atoms with Crippen LogP contribution in [0.25, 0.3) is 0 Å². The van der Waals surface area contributed by atoms with Crippen molar-refractivity contribution in [2.45, 2.75) is 76.9 Å². The van der Waals surface area contributed by atoms with Crippen molar-refractivity contribution >= 4 is 19.4 Å². The van der Waals surface area contributed by atoms with E-state index in [9.17, 15) is 24.2 Å². The lowest BCUT2D eigenvalue weighted by molar-refractivity contribution is -0.874. The SMILES string of the molecule is CCCCCC(=O)C(C[N+](C)(C)C)(OP(=O)([O-])OC[C@H](O)CO)C(=O)CCCCC. The third-order valence-electron chi connectivity index (χ3n) is 4.52. The number of Topliss-reactive ketones (excluding diaryl/α,β-unsaturated/α-hetero) is 2. The average molecular weight is 454 g/mol. The van der Waals surface area contributed by atoms with Crippen LogP contribution in [0.4, 0.5) is 0 Å². The van der Waals surface area contributed by atoms with Gasteiger partial charge in [0, 0.05) is 12.8 Å². The number of hydrogen-bond acceptors (Lipinski definition) is 8. The van der Waals surface area contributed by atoms with Gasteiger partial charge in [0.05, 0.1) is 34.4 Å². The van der Waals surface area contributed by atoms with Crippen molar-refractivity contribution < 1.29 is 42.8 Å². The fourth-order valence-corrected chi connectivity index (χ4v) is 4.10. The molecule has 0 heterocycles. The van der Waals surface area contributed by atoms with Gasteiger partial charge in [-0.25, -0.2) is 0 Å². The van der Waals surface area contributed by atoms with Crippen molar-refractivity contribution in [1.29, 1.82) is 0 Å². The lowest BCUT2D eigenvalue weighted by atomic mass is 9.86. The Bertz CT molecular complexity index is 554. The molecule has 0 rings (SSSR count). The van der Waals surface area contributed by atoms with Gasteiger partial charge in [-0.3, -0.25) is 18.7 Å². The van der Waals surface area contributed by atoms with Crippen LogP contribution in [-0.2, 0) is 23.2 Å². The van der Waals surface area contributed by atoms with E-state index in [1.165, 1.54) is 0 Å². The van der Waals surface area contributed by atoms with E-state index in [0.29, 0.717) is 12.8 Å². The zero-order valence-electron chi connectivity index (χ0n) is 19.1. The van der Waals surface area contributed by atoms with Gasteiger partial charge in [-0.1, -0.05) is 39.5 Å². The van der Waals surface area contributed by atoms with Crippen LogP contribution in [0.1, 0.15) is 65.2 Å². The first-order valence-corrected chi connectivity index (χ1v) is 12.1. The number of carbonyl (C=O) groups excluding carboxylic acids is 2. The normalized spacial score (nSPS) is 15.6. The molecule has 9 nitrogen and oxygen atoms in total. The standard InChI is InChI=1S/C20H40NO8P/c1-6-8-10-12-18(24)20(16-21(3,4)5,19(25)13-11-9-7-2)29-30(26,27)28-15-17(23)14-22/h17,22-23H,6-16H2,1-5H3/t17-/m1/s1. The number of hydrogen-bond donors (Lipinski definition) is 2. The van der Waals surface area contributed by atoms with Gasteiger partial charge in [-0.05, 0) is 12.8 Å². The zero-order valence-corrected chi connectivity index (χ0v) is 20.0. The number of aliphatic hydroxyl groups is 2. The van der Waals surface area contributed by atoms with E-state index in [1.54, 1.807) is 21.1 Å².